The first kappa shape index (κ1) is 22.8. The summed E-state index contributed by atoms with van der Waals surface area (Å²) < 4.78 is 0. The summed E-state index contributed by atoms with van der Waals surface area (Å²) in [6, 6.07) is 20.3. The van der Waals surface area contributed by atoms with Crippen molar-refractivity contribution in [3.05, 3.63) is 131 Å². The molecular formula is C31H36. The molecule has 2 aromatic carbocycles. The molecule has 0 aromatic heterocycles. The summed E-state index contributed by atoms with van der Waals surface area (Å²) in [5, 5.41) is 0. The SMILES string of the molecule is C=C/C(=C\C=C/C)CCc1ccc(CC(C2=C(C)C=C(C)CC2)c2ccccc2)cc1. The largest absolute Gasteiger partial charge is 0.0988 e. The van der Waals surface area contributed by atoms with Crippen molar-refractivity contribution >= 4 is 0 Å². The predicted molar refractivity (Wildman–Crippen MR) is 136 cm³/mol. The van der Waals surface area contributed by atoms with Crippen molar-refractivity contribution < 1.29 is 0 Å². The summed E-state index contributed by atoms with van der Waals surface area (Å²) in [6.45, 7) is 10.5. The van der Waals surface area contributed by atoms with Gasteiger partial charge in [0.25, 0.3) is 0 Å². The molecule has 1 aliphatic rings. The molecule has 1 aliphatic carbocycles. The van der Waals surface area contributed by atoms with Crippen molar-refractivity contribution in [1.82, 2.24) is 0 Å². The van der Waals surface area contributed by atoms with Gasteiger partial charge in [-0.3, -0.25) is 0 Å². The highest BCUT2D eigenvalue weighted by molar-refractivity contribution is 5.41. The van der Waals surface area contributed by atoms with Crippen molar-refractivity contribution in [3.8, 4) is 0 Å². The van der Waals surface area contributed by atoms with Crippen LogP contribution in [0.25, 0.3) is 0 Å². The standard InChI is InChI=1S/C31H36/c1-5-7-11-26(6-2)15-16-27-17-19-28(20-18-27)23-31(29-12-9-8-10-13-29)30-21-14-24(3)22-25(30)4/h5-13,17-20,22,31H,2,14-16,21,23H2,1,3-4H3/b7-5-,26-11+. The van der Waals surface area contributed by atoms with Gasteiger partial charge in [0.05, 0.1) is 0 Å². The lowest BCUT2D eigenvalue weighted by molar-refractivity contribution is 0.710. The molecule has 0 bridgehead atoms. The Kier molecular flexibility index (Phi) is 8.47. The van der Waals surface area contributed by atoms with Gasteiger partial charge in [-0.2, -0.15) is 0 Å². The summed E-state index contributed by atoms with van der Waals surface area (Å²) in [4.78, 5) is 0. The first-order chi connectivity index (χ1) is 15.1. The Balaban J connectivity index is 1.76. The molecule has 0 spiro atoms. The summed E-state index contributed by atoms with van der Waals surface area (Å²) in [5.74, 6) is 0.451. The van der Waals surface area contributed by atoms with E-state index in [1.807, 2.05) is 13.0 Å². The molecule has 0 radical (unpaired) electrons. The van der Waals surface area contributed by atoms with Crippen molar-refractivity contribution in [2.75, 3.05) is 0 Å². The fourth-order valence-corrected chi connectivity index (χ4v) is 4.48. The van der Waals surface area contributed by atoms with E-state index in [1.54, 1.807) is 5.57 Å². The van der Waals surface area contributed by atoms with E-state index in [0.29, 0.717) is 5.92 Å². The fourth-order valence-electron chi connectivity index (χ4n) is 4.48. The Hall–Kier alpha value is -2.86. The van der Waals surface area contributed by atoms with Gasteiger partial charge in [-0.05, 0) is 75.1 Å². The molecule has 0 saturated heterocycles. The fraction of sp³-hybridized carbons (Fsp3) is 0.290. The van der Waals surface area contributed by atoms with E-state index < -0.39 is 0 Å². The zero-order valence-corrected chi connectivity index (χ0v) is 19.4. The molecule has 160 valence electrons. The average Bonchev–Trinajstić information content (AvgIpc) is 2.79. The van der Waals surface area contributed by atoms with E-state index in [9.17, 15) is 0 Å². The van der Waals surface area contributed by atoms with Crippen molar-refractivity contribution in [2.45, 2.75) is 58.8 Å². The Morgan fingerprint density at radius 3 is 2.32 bits per heavy atom. The van der Waals surface area contributed by atoms with Crippen LogP contribution in [0.3, 0.4) is 0 Å². The van der Waals surface area contributed by atoms with Gasteiger partial charge in [-0.1, -0.05) is 108 Å². The maximum atomic E-state index is 3.95. The summed E-state index contributed by atoms with van der Waals surface area (Å²) >= 11 is 0. The zero-order chi connectivity index (χ0) is 22.1. The molecule has 1 unspecified atom stereocenters. The normalized spacial score (nSPS) is 15.8. The van der Waals surface area contributed by atoms with E-state index in [-0.39, 0.29) is 0 Å². The van der Waals surface area contributed by atoms with Crippen molar-refractivity contribution in [3.63, 3.8) is 0 Å². The van der Waals surface area contributed by atoms with E-state index in [4.69, 9.17) is 0 Å². The zero-order valence-electron chi connectivity index (χ0n) is 19.4. The van der Waals surface area contributed by atoms with E-state index in [0.717, 1.165) is 19.3 Å². The molecule has 3 rings (SSSR count). The summed E-state index contributed by atoms with van der Waals surface area (Å²) in [5.41, 5.74) is 10.1. The third kappa shape index (κ3) is 6.56. The molecule has 0 N–H and O–H groups in total. The number of hydrogen-bond donors (Lipinski definition) is 0. The highest BCUT2D eigenvalue weighted by atomic mass is 14.3. The maximum absolute atomic E-state index is 3.95. The van der Waals surface area contributed by atoms with Crippen LogP contribution in [0.1, 0.15) is 62.6 Å². The quantitative estimate of drug-likeness (QED) is 0.364. The van der Waals surface area contributed by atoms with Crippen LogP contribution in [0.4, 0.5) is 0 Å². The van der Waals surface area contributed by atoms with Gasteiger partial charge in [0.2, 0.25) is 0 Å². The first-order valence-corrected chi connectivity index (χ1v) is 11.5. The van der Waals surface area contributed by atoms with Crippen molar-refractivity contribution in [2.24, 2.45) is 0 Å². The van der Waals surface area contributed by atoms with Gasteiger partial charge in [0.1, 0.15) is 0 Å². The molecular weight excluding hydrogens is 372 g/mol. The first-order valence-electron chi connectivity index (χ1n) is 11.5. The Morgan fingerprint density at radius 2 is 1.68 bits per heavy atom. The Morgan fingerprint density at radius 1 is 0.968 bits per heavy atom. The molecule has 0 saturated carbocycles. The minimum atomic E-state index is 0.451. The summed E-state index contributed by atoms with van der Waals surface area (Å²) in [6.07, 6.45) is 16.1. The monoisotopic (exact) mass is 408 g/mol. The molecule has 2 aromatic rings. The highest BCUT2D eigenvalue weighted by Crippen LogP contribution is 2.37. The number of benzene rings is 2. The number of allylic oxidation sites excluding steroid dienone is 9. The lowest BCUT2D eigenvalue weighted by atomic mass is 9.78. The highest BCUT2D eigenvalue weighted by Gasteiger charge is 2.21. The minimum absolute atomic E-state index is 0.451. The minimum Gasteiger partial charge on any atom is -0.0988 e. The smallest absolute Gasteiger partial charge is 0.00943 e. The molecule has 0 aliphatic heterocycles. The maximum Gasteiger partial charge on any atom is 0.00943 e. The van der Waals surface area contributed by atoms with Crippen LogP contribution >= 0.6 is 0 Å². The Bertz CT molecular complexity index is 978. The van der Waals surface area contributed by atoms with Crippen LogP contribution in [0.2, 0.25) is 0 Å². The second kappa shape index (κ2) is 11.5. The molecule has 0 heteroatoms. The van der Waals surface area contributed by atoms with Crippen molar-refractivity contribution in [1.29, 1.82) is 0 Å². The van der Waals surface area contributed by atoms with Crippen LogP contribution in [0.5, 0.6) is 0 Å². The van der Waals surface area contributed by atoms with Gasteiger partial charge in [-0.25, -0.2) is 0 Å². The van der Waals surface area contributed by atoms with Crippen LogP contribution < -0.4 is 0 Å². The van der Waals surface area contributed by atoms with Gasteiger partial charge in [-0.15, -0.1) is 0 Å². The second-order valence-corrected chi connectivity index (χ2v) is 8.65. The molecule has 0 heterocycles. The van der Waals surface area contributed by atoms with E-state index >= 15 is 0 Å². The van der Waals surface area contributed by atoms with Gasteiger partial charge < -0.3 is 0 Å². The van der Waals surface area contributed by atoms with Crippen LogP contribution in [-0.4, -0.2) is 0 Å². The lowest BCUT2D eigenvalue weighted by Gasteiger charge is -2.26. The number of hydrogen-bond acceptors (Lipinski definition) is 0. The van der Waals surface area contributed by atoms with Crippen LogP contribution in [0, 0.1) is 0 Å². The molecule has 31 heavy (non-hydrogen) atoms. The summed E-state index contributed by atoms with van der Waals surface area (Å²) in [7, 11) is 0. The molecule has 1 atom stereocenters. The molecule has 0 amide bonds. The Labute approximate surface area is 189 Å². The van der Waals surface area contributed by atoms with E-state index in [1.165, 1.54) is 46.3 Å². The third-order valence-corrected chi connectivity index (χ3v) is 6.31. The van der Waals surface area contributed by atoms with Gasteiger partial charge >= 0.3 is 0 Å². The van der Waals surface area contributed by atoms with Crippen LogP contribution in [0.15, 0.2) is 114 Å². The predicted octanol–water partition coefficient (Wildman–Crippen LogP) is 8.69. The average molecular weight is 409 g/mol. The van der Waals surface area contributed by atoms with Gasteiger partial charge in [0, 0.05) is 5.92 Å². The number of rotatable bonds is 9. The topological polar surface area (TPSA) is 0 Å². The molecule has 0 fully saturated rings. The van der Waals surface area contributed by atoms with Gasteiger partial charge in [0.15, 0.2) is 0 Å². The number of aryl methyl sites for hydroxylation is 1. The third-order valence-electron chi connectivity index (χ3n) is 6.31. The van der Waals surface area contributed by atoms with E-state index in [2.05, 4.69) is 99.3 Å². The second-order valence-electron chi connectivity index (χ2n) is 8.65. The lowest BCUT2D eigenvalue weighted by Crippen LogP contribution is -2.11. The molecule has 0 nitrogen and oxygen atoms in total. The van der Waals surface area contributed by atoms with Crippen LogP contribution in [-0.2, 0) is 12.8 Å².